The number of benzene rings is 1. The van der Waals surface area contributed by atoms with E-state index in [1.165, 1.54) is 23.7 Å². The summed E-state index contributed by atoms with van der Waals surface area (Å²) in [6.07, 6.45) is 1.75. The van der Waals surface area contributed by atoms with Gasteiger partial charge in [-0.25, -0.2) is 4.39 Å². The van der Waals surface area contributed by atoms with Crippen LogP contribution in [0.2, 0.25) is 0 Å². The summed E-state index contributed by atoms with van der Waals surface area (Å²) in [6, 6.07) is 9.66. The molecule has 0 unspecified atom stereocenters. The van der Waals surface area contributed by atoms with Gasteiger partial charge in [-0.1, -0.05) is 29.5 Å². The van der Waals surface area contributed by atoms with Crippen LogP contribution in [-0.4, -0.2) is 16.1 Å². The molecule has 0 saturated carbocycles. The number of anilines is 1. The van der Waals surface area contributed by atoms with Crippen molar-refractivity contribution in [3.05, 3.63) is 64.8 Å². The van der Waals surface area contributed by atoms with Gasteiger partial charge in [0.15, 0.2) is 5.76 Å². The lowest BCUT2D eigenvalue weighted by Crippen LogP contribution is -2.10. The Hall–Kier alpha value is -2.54. The van der Waals surface area contributed by atoms with E-state index in [1.807, 2.05) is 0 Å². The van der Waals surface area contributed by atoms with Crippen molar-refractivity contribution in [2.24, 2.45) is 0 Å². The van der Waals surface area contributed by atoms with E-state index in [0.29, 0.717) is 22.1 Å². The minimum atomic E-state index is -0.395. The van der Waals surface area contributed by atoms with Crippen LogP contribution in [0.15, 0.2) is 47.1 Å². The Morgan fingerprint density at radius 2 is 2.10 bits per heavy atom. The van der Waals surface area contributed by atoms with Gasteiger partial charge in [0, 0.05) is 6.42 Å². The van der Waals surface area contributed by atoms with Gasteiger partial charge in [0.2, 0.25) is 5.13 Å². The van der Waals surface area contributed by atoms with Crippen LogP contribution in [0, 0.1) is 5.82 Å². The van der Waals surface area contributed by atoms with Gasteiger partial charge in [-0.05, 0) is 23.8 Å². The zero-order chi connectivity index (χ0) is 14.7. The highest BCUT2D eigenvalue weighted by Crippen LogP contribution is 2.20. The number of hydrogen-bond acceptors (Lipinski definition) is 5. The van der Waals surface area contributed by atoms with Gasteiger partial charge in [-0.15, -0.1) is 10.2 Å². The van der Waals surface area contributed by atoms with Gasteiger partial charge in [-0.2, -0.15) is 0 Å². The molecule has 5 nitrogen and oxygen atoms in total. The van der Waals surface area contributed by atoms with E-state index < -0.39 is 5.91 Å². The summed E-state index contributed by atoms with van der Waals surface area (Å²) in [6.45, 7) is 0. The number of rotatable bonds is 4. The molecule has 2 heterocycles. The van der Waals surface area contributed by atoms with Gasteiger partial charge in [0.1, 0.15) is 10.8 Å². The highest BCUT2D eigenvalue weighted by atomic mass is 32.1. The molecule has 0 aliphatic rings. The second kappa shape index (κ2) is 5.84. The van der Waals surface area contributed by atoms with E-state index in [0.717, 1.165) is 0 Å². The number of hydrogen-bond donors (Lipinski definition) is 1. The summed E-state index contributed by atoms with van der Waals surface area (Å²) in [5, 5.41) is 11.4. The third-order valence-electron chi connectivity index (χ3n) is 2.73. The fourth-order valence-electron chi connectivity index (χ4n) is 1.75. The SMILES string of the molecule is O=C(Nc1nnc(Cc2ccccc2F)s1)c1ccco1. The first kappa shape index (κ1) is 13.4. The normalized spacial score (nSPS) is 10.5. The van der Waals surface area contributed by atoms with E-state index in [1.54, 1.807) is 30.3 Å². The van der Waals surface area contributed by atoms with Crippen LogP contribution in [0.4, 0.5) is 9.52 Å². The number of carbonyl (C=O) groups excluding carboxylic acids is 1. The van der Waals surface area contributed by atoms with E-state index >= 15 is 0 Å². The maximum atomic E-state index is 13.6. The molecular weight excluding hydrogens is 293 g/mol. The first-order valence-electron chi connectivity index (χ1n) is 6.13. The fraction of sp³-hybridized carbons (Fsp3) is 0.0714. The summed E-state index contributed by atoms with van der Waals surface area (Å²) in [5.74, 6) is -0.483. The molecule has 2 aromatic heterocycles. The van der Waals surface area contributed by atoms with Crippen LogP contribution in [0.3, 0.4) is 0 Å². The number of amides is 1. The van der Waals surface area contributed by atoms with Crippen LogP contribution in [0.1, 0.15) is 21.1 Å². The van der Waals surface area contributed by atoms with Gasteiger partial charge in [0.05, 0.1) is 6.26 Å². The first-order valence-corrected chi connectivity index (χ1v) is 6.94. The highest BCUT2D eigenvalue weighted by Gasteiger charge is 2.13. The summed E-state index contributed by atoms with van der Waals surface area (Å²) in [4.78, 5) is 11.8. The van der Waals surface area contributed by atoms with Crippen LogP contribution in [0.5, 0.6) is 0 Å². The molecule has 1 aromatic carbocycles. The summed E-state index contributed by atoms with van der Waals surface area (Å²) >= 11 is 1.20. The molecule has 0 atom stereocenters. The topological polar surface area (TPSA) is 68.0 Å². The highest BCUT2D eigenvalue weighted by molar-refractivity contribution is 7.15. The van der Waals surface area contributed by atoms with Crippen molar-refractivity contribution < 1.29 is 13.6 Å². The minimum absolute atomic E-state index is 0.195. The van der Waals surface area contributed by atoms with Gasteiger partial charge < -0.3 is 4.42 Å². The quantitative estimate of drug-likeness (QED) is 0.804. The molecule has 0 aliphatic heterocycles. The van der Waals surface area contributed by atoms with Crippen LogP contribution in [0.25, 0.3) is 0 Å². The lowest BCUT2D eigenvalue weighted by atomic mass is 10.1. The largest absolute Gasteiger partial charge is 0.459 e. The van der Waals surface area contributed by atoms with Crippen molar-refractivity contribution in [3.8, 4) is 0 Å². The summed E-state index contributed by atoms with van der Waals surface area (Å²) in [5.41, 5.74) is 0.539. The predicted octanol–water partition coefficient (Wildman–Crippen LogP) is 3.11. The van der Waals surface area contributed by atoms with Crippen molar-refractivity contribution in [3.63, 3.8) is 0 Å². The van der Waals surface area contributed by atoms with Gasteiger partial charge in [-0.3, -0.25) is 10.1 Å². The molecular formula is C14H10FN3O2S. The third-order valence-corrected chi connectivity index (χ3v) is 3.57. The zero-order valence-corrected chi connectivity index (χ0v) is 11.6. The third kappa shape index (κ3) is 3.14. The average Bonchev–Trinajstić information content (AvgIpc) is 3.13. The Balaban J connectivity index is 1.69. The lowest BCUT2D eigenvalue weighted by molar-refractivity contribution is 0.0996. The second-order valence-corrected chi connectivity index (χ2v) is 5.26. The molecule has 0 aliphatic carbocycles. The molecule has 0 fully saturated rings. The molecule has 3 aromatic rings. The molecule has 0 radical (unpaired) electrons. The van der Waals surface area contributed by atoms with Crippen LogP contribution < -0.4 is 5.32 Å². The number of nitrogens with one attached hydrogen (secondary N) is 1. The zero-order valence-electron chi connectivity index (χ0n) is 10.7. The average molecular weight is 303 g/mol. The first-order chi connectivity index (χ1) is 10.2. The van der Waals surface area contributed by atoms with Crippen LogP contribution >= 0.6 is 11.3 Å². The Bertz CT molecular complexity index is 755. The maximum absolute atomic E-state index is 13.6. The number of carbonyl (C=O) groups is 1. The van der Waals surface area contributed by atoms with Crippen molar-refractivity contribution in [1.29, 1.82) is 0 Å². The van der Waals surface area contributed by atoms with Crippen molar-refractivity contribution in [2.75, 3.05) is 5.32 Å². The molecule has 0 bridgehead atoms. The second-order valence-electron chi connectivity index (χ2n) is 4.20. The molecule has 7 heteroatoms. The van der Waals surface area contributed by atoms with E-state index in [2.05, 4.69) is 15.5 Å². The number of halogens is 1. The van der Waals surface area contributed by atoms with Gasteiger partial charge in [0.25, 0.3) is 5.91 Å². The molecule has 106 valence electrons. The Morgan fingerprint density at radius 3 is 2.86 bits per heavy atom. The van der Waals surface area contributed by atoms with E-state index in [-0.39, 0.29) is 11.6 Å². The Morgan fingerprint density at radius 1 is 1.24 bits per heavy atom. The minimum Gasteiger partial charge on any atom is -0.459 e. The van der Waals surface area contributed by atoms with E-state index in [4.69, 9.17) is 4.42 Å². The molecule has 0 spiro atoms. The number of furan rings is 1. The van der Waals surface area contributed by atoms with Crippen molar-refractivity contribution >= 4 is 22.4 Å². The maximum Gasteiger partial charge on any atom is 0.293 e. The number of nitrogens with zero attached hydrogens (tertiary/aromatic N) is 2. The van der Waals surface area contributed by atoms with Gasteiger partial charge >= 0.3 is 0 Å². The molecule has 3 rings (SSSR count). The van der Waals surface area contributed by atoms with Crippen LogP contribution in [-0.2, 0) is 6.42 Å². The molecule has 1 amide bonds. The predicted molar refractivity (Wildman–Crippen MR) is 75.8 cm³/mol. The monoisotopic (exact) mass is 303 g/mol. The van der Waals surface area contributed by atoms with E-state index in [9.17, 15) is 9.18 Å². The summed E-state index contributed by atoms with van der Waals surface area (Å²) < 4.78 is 18.5. The fourth-order valence-corrected chi connectivity index (χ4v) is 2.50. The molecule has 0 saturated heterocycles. The standard InChI is InChI=1S/C14H10FN3O2S/c15-10-5-2-1-4-9(10)8-12-17-18-14(21-12)16-13(19)11-6-3-7-20-11/h1-7H,8H2,(H,16,18,19). The lowest BCUT2D eigenvalue weighted by Gasteiger charge is -1.98. The number of aromatic nitrogens is 2. The Labute approximate surface area is 123 Å². The molecule has 1 N–H and O–H groups in total. The molecule has 21 heavy (non-hydrogen) atoms. The smallest absolute Gasteiger partial charge is 0.293 e. The summed E-state index contributed by atoms with van der Waals surface area (Å²) in [7, 11) is 0. The Kier molecular flexibility index (Phi) is 3.74. The van der Waals surface area contributed by atoms with Crippen molar-refractivity contribution in [1.82, 2.24) is 10.2 Å². The van der Waals surface area contributed by atoms with Crippen molar-refractivity contribution in [2.45, 2.75) is 6.42 Å².